The molecule has 6 heteroatoms. The van der Waals surface area contributed by atoms with Gasteiger partial charge < -0.3 is 14.7 Å². The Morgan fingerprint density at radius 3 is 2.79 bits per heavy atom. The molecule has 0 aliphatic heterocycles. The SMILES string of the molecule is COc1ccc(CO)c(N(C)c2ccnc(Cl)n2)c1. The van der Waals surface area contributed by atoms with Crippen LogP contribution in [0.25, 0.3) is 0 Å². The summed E-state index contributed by atoms with van der Waals surface area (Å²) in [4.78, 5) is 9.81. The van der Waals surface area contributed by atoms with E-state index in [9.17, 15) is 5.11 Å². The summed E-state index contributed by atoms with van der Waals surface area (Å²) in [7, 11) is 3.44. The summed E-state index contributed by atoms with van der Waals surface area (Å²) in [6, 6.07) is 7.19. The lowest BCUT2D eigenvalue weighted by Crippen LogP contribution is -2.13. The highest BCUT2D eigenvalue weighted by Gasteiger charge is 2.12. The minimum Gasteiger partial charge on any atom is -0.497 e. The Hall–Kier alpha value is -1.85. The first-order chi connectivity index (χ1) is 9.15. The van der Waals surface area contributed by atoms with E-state index in [0.29, 0.717) is 11.6 Å². The Balaban J connectivity index is 2.44. The van der Waals surface area contributed by atoms with Crippen LogP contribution in [0.1, 0.15) is 5.56 Å². The van der Waals surface area contributed by atoms with Crippen LogP contribution >= 0.6 is 11.6 Å². The van der Waals surface area contributed by atoms with Gasteiger partial charge in [-0.2, -0.15) is 0 Å². The van der Waals surface area contributed by atoms with Gasteiger partial charge in [0.25, 0.3) is 0 Å². The molecule has 0 unspecified atom stereocenters. The number of aliphatic hydroxyl groups is 1. The molecule has 0 amide bonds. The Bertz CT molecular complexity index is 578. The van der Waals surface area contributed by atoms with E-state index in [-0.39, 0.29) is 11.9 Å². The lowest BCUT2D eigenvalue weighted by molar-refractivity contribution is 0.282. The number of methoxy groups -OCH3 is 1. The predicted octanol–water partition coefficient (Wildman–Crippen LogP) is 2.40. The molecule has 5 nitrogen and oxygen atoms in total. The zero-order valence-corrected chi connectivity index (χ0v) is 11.4. The minimum absolute atomic E-state index is 0.0670. The summed E-state index contributed by atoms with van der Waals surface area (Å²) in [6.45, 7) is -0.0670. The van der Waals surface area contributed by atoms with E-state index >= 15 is 0 Å². The highest BCUT2D eigenvalue weighted by molar-refractivity contribution is 6.28. The summed E-state index contributed by atoms with van der Waals surface area (Å²) >= 11 is 5.79. The molecular formula is C13H14ClN3O2. The van der Waals surface area contributed by atoms with Crippen molar-refractivity contribution in [2.45, 2.75) is 6.61 Å². The first kappa shape index (κ1) is 13.6. The maximum Gasteiger partial charge on any atom is 0.224 e. The van der Waals surface area contributed by atoms with E-state index in [4.69, 9.17) is 16.3 Å². The van der Waals surface area contributed by atoms with Gasteiger partial charge in [-0.3, -0.25) is 0 Å². The van der Waals surface area contributed by atoms with Gasteiger partial charge in [0.1, 0.15) is 11.6 Å². The molecule has 0 aliphatic rings. The van der Waals surface area contributed by atoms with Crippen LogP contribution in [0.5, 0.6) is 5.75 Å². The Morgan fingerprint density at radius 1 is 1.37 bits per heavy atom. The number of nitrogens with zero attached hydrogens (tertiary/aromatic N) is 3. The van der Waals surface area contributed by atoms with Crippen molar-refractivity contribution < 1.29 is 9.84 Å². The van der Waals surface area contributed by atoms with E-state index < -0.39 is 0 Å². The lowest BCUT2D eigenvalue weighted by atomic mass is 10.1. The number of halogens is 1. The second kappa shape index (κ2) is 5.86. The average molecular weight is 280 g/mol. The fraction of sp³-hybridized carbons (Fsp3) is 0.231. The zero-order chi connectivity index (χ0) is 13.8. The third-order valence-corrected chi connectivity index (χ3v) is 2.96. The molecule has 2 aromatic rings. The molecule has 100 valence electrons. The van der Waals surface area contributed by atoms with Crippen molar-refractivity contribution in [3.63, 3.8) is 0 Å². The number of hydrogen-bond acceptors (Lipinski definition) is 5. The quantitative estimate of drug-likeness (QED) is 0.871. The van der Waals surface area contributed by atoms with E-state index in [1.54, 1.807) is 25.4 Å². The first-order valence-corrected chi connectivity index (χ1v) is 6.03. The van der Waals surface area contributed by atoms with E-state index in [0.717, 1.165) is 11.3 Å². The molecule has 0 saturated carbocycles. The molecule has 0 saturated heterocycles. The monoisotopic (exact) mass is 279 g/mol. The second-order valence-corrected chi connectivity index (χ2v) is 4.23. The summed E-state index contributed by atoms with van der Waals surface area (Å²) in [5.41, 5.74) is 1.58. The molecule has 0 fully saturated rings. The molecule has 1 N–H and O–H groups in total. The Kier molecular flexibility index (Phi) is 4.19. The standard InChI is InChI=1S/C13H14ClN3O2/c1-17(12-5-6-15-13(14)16-12)11-7-10(19-2)4-3-9(11)8-18/h3-7,18H,8H2,1-2H3. The van der Waals surface area contributed by atoms with Crippen LogP contribution in [0.3, 0.4) is 0 Å². The fourth-order valence-electron chi connectivity index (χ4n) is 1.75. The normalized spacial score (nSPS) is 10.3. The van der Waals surface area contributed by atoms with Gasteiger partial charge in [0, 0.05) is 24.9 Å². The average Bonchev–Trinajstić information content (AvgIpc) is 2.45. The molecule has 0 spiro atoms. The number of benzene rings is 1. The van der Waals surface area contributed by atoms with Crippen molar-refractivity contribution in [3.05, 3.63) is 41.3 Å². The molecule has 2 rings (SSSR count). The van der Waals surface area contributed by atoms with Crippen LogP contribution in [-0.2, 0) is 6.61 Å². The predicted molar refractivity (Wildman–Crippen MR) is 74.0 cm³/mol. The number of aromatic nitrogens is 2. The van der Waals surface area contributed by atoms with Crippen LogP contribution in [0, 0.1) is 0 Å². The molecule has 1 heterocycles. The van der Waals surface area contributed by atoms with Gasteiger partial charge >= 0.3 is 0 Å². The maximum atomic E-state index is 9.41. The second-order valence-electron chi connectivity index (χ2n) is 3.90. The topological polar surface area (TPSA) is 58.5 Å². The maximum absolute atomic E-state index is 9.41. The molecule has 0 radical (unpaired) electrons. The van der Waals surface area contributed by atoms with Crippen molar-refractivity contribution in [3.8, 4) is 5.75 Å². The van der Waals surface area contributed by atoms with Gasteiger partial charge in [0.05, 0.1) is 19.4 Å². The number of ether oxygens (including phenoxy) is 1. The molecule has 19 heavy (non-hydrogen) atoms. The van der Waals surface area contributed by atoms with E-state index in [1.165, 1.54) is 0 Å². The summed E-state index contributed by atoms with van der Waals surface area (Å²) < 4.78 is 5.20. The van der Waals surface area contributed by atoms with E-state index in [2.05, 4.69) is 9.97 Å². The first-order valence-electron chi connectivity index (χ1n) is 5.65. The van der Waals surface area contributed by atoms with Crippen molar-refractivity contribution >= 4 is 23.1 Å². The summed E-state index contributed by atoms with van der Waals surface area (Å²) in [6.07, 6.45) is 1.58. The highest BCUT2D eigenvalue weighted by Crippen LogP contribution is 2.29. The number of rotatable bonds is 4. The fourth-order valence-corrected chi connectivity index (χ4v) is 1.90. The number of aliphatic hydroxyl groups excluding tert-OH is 1. The Morgan fingerprint density at radius 2 is 2.16 bits per heavy atom. The third kappa shape index (κ3) is 2.94. The van der Waals surface area contributed by atoms with Gasteiger partial charge in [-0.1, -0.05) is 6.07 Å². The summed E-state index contributed by atoms with van der Waals surface area (Å²) in [5, 5.41) is 9.58. The largest absolute Gasteiger partial charge is 0.497 e. The van der Waals surface area contributed by atoms with Crippen molar-refractivity contribution in [2.75, 3.05) is 19.1 Å². The zero-order valence-electron chi connectivity index (χ0n) is 10.7. The van der Waals surface area contributed by atoms with Crippen LogP contribution in [0.2, 0.25) is 5.28 Å². The lowest BCUT2D eigenvalue weighted by Gasteiger charge is -2.21. The van der Waals surface area contributed by atoms with Gasteiger partial charge in [0.2, 0.25) is 5.28 Å². The van der Waals surface area contributed by atoms with Gasteiger partial charge in [-0.25, -0.2) is 9.97 Å². The minimum atomic E-state index is -0.0670. The van der Waals surface area contributed by atoms with Crippen LogP contribution in [-0.4, -0.2) is 29.2 Å². The summed E-state index contributed by atoms with van der Waals surface area (Å²) in [5.74, 6) is 1.35. The molecule has 0 bridgehead atoms. The van der Waals surface area contributed by atoms with Gasteiger partial charge in [-0.15, -0.1) is 0 Å². The molecule has 0 aliphatic carbocycles. The van der Waals surface area contributed by atoms with Crippen LogP contribution in [0.4, 0.5) is 11.5 Å². The van der Waals surface area contributed by atoms with Crippen LogP contribution in [0.15, 0.2) is 30.5 Å². The molecular weight excluding hydrogens is 266 g/mol. The molecule has 1 aromatic carbocycles. The molecule has 0 atom stereocenters. The Labute approximate surface area is 116 Å². The van der Waals surface area contributed by atoms with Gasteiger partial charge in [-0.05, 0) is 23.7 Å². The van der Waals surface area contributed by atoms with Crippen molar-refractivity contribution in [2.24, 2.45) is 0 Å². The molecule has 1 aromatic heterocycles. The smallest absolute Gasteiger partial charge is 0.224 e. The van der Waals surface area contributed by atoms with Crippen molar-refractivity contribution in [1.82, 2.24) is 9.97 Å². The third-order valence-electron chi connectivity index (χ3n) is 2.78. The number of hydrogen-bond donors (Lipinski definition) is 1. The van der Waals surface area contributed by atoms with Crippen LogP contribution < -0.4 is 9.64 Å². The van der Waals surface area contributed by atoms with E-state index in [1.807, 2.05) is 24.1 Å². The number of anilines is 2. The van der Waals surface area contributed by atoms with Crippen molar-refractivity contribution in [1.29, 1.82) is 0 Å². The highest BCUT2D eigenvalue weighted by atomic mass is 35.5. The van der Waals surface area contributed by atoms with Gasteiger partial charge in [0.15, 0.2) is 0 Å².